The highest BCUT2D eigenvalue weighted by Gasteiger charge is 2.36. The van der Waals surface area contributed by atoms with Crippen molar-refractivity contribution in [1.82, 2.24) is 29.0 Å². The number of carbonyl (C=O) groups is 2. The molecule has 0 aliphatic carbocycles. The molecule has 2 fully saturated rings. The number of aromatic nitrogens is 3. The number of nitrogens with zero attached hydrogens (tertiary/aromatic N) is 6. The van der Waals surface area contributed by atoms with Crippen molar-refractivity contribution in [1.29, 1.82) is 0 Å². The molecule has 13 heteroatoms. The first-order valence-corrected chi connectivity index (χ1v) is 21.1. The number of fused-ring (bicyclic) bond motifs is 2. The Morgan fingerprint density at radius 1 is 0.881 bits per heavy atom. The summed E-state index contributed by atoms with van der Waals surface area (Å²) in [7, 11) is 1.93. The summed E-state index contributed by atoms with van der Waals surface area (Å²) in [6.07, 6.45) is 0.910. The molecule has 2 aliphatic heterocycles. The second-order valence-electron chi connectivity index (χ2n) is 18.0. The van der Waals surface area contributed by atoms with Crippen LogP contribution < -0.4 is 4.74 Å². The van der Waals surface area contributed by atoms with Crippen LogP contribution in [0.5, 0.6) is 5.75 Å². The van der Waals surface area contributed by atoms with Crippen LogP contribution in [0.3, 0.4) is 0 Å². The van der Waals surface area contributed by atoms with Gasteiger partial charge in [-0.3, -0.25) is 14.5 Å². The summed E-state index contributed by atoms with van der Waals surface area (Å²) >= 11 is 7.17. The summed E-state index contributed by atoms with van der Waals surface area (Å²) in [5.41, 5.74) is 4.70. The van der Waals surface area contributed by atoms with Crippen molar-refractivity contribution < 1.29 is 28.2 Å². The van der Waals surface area contributed by atoms with Gasteiger partial charge in [0.05, 0.1) is 22.8 Å². The number of halogens is 2. The summed E-state index contributed by atoms with van der Waals surface area (Å²) in [5.74, 6) is 0.0133. The Morgan fingerprint density at radius 2 is 1.58 bits per heavy atom. The Kier molecular flexibility index (Phi) is 12.1. The molecular weight excluding hydrogens is 771 g/mol. The van der Waals surface area contributed by atoms with Crippen molar-refractivity contribution >= 4 is 45.3 Å². The van der Waals surface area contributed by atoms with Gasteiger partial charge in [0.2, 0.25) is 0 Å². The summed E-state index contributed by atoms with van der Waals surface area (Å²) in [6, 6.07) is 14.7. The first-order chi connectivity index (χ1) is 27.9. The fourth-order valence-corrected chi connectivity index (χ4v) is 8.72. The largest absolute Gasteiger partial charge is 0.493 e. The molecule has 316 valence electrons. The summed E-state index contributed by atoms with van der Waals surface area (Å²) in [5, 5.41) is 7.90. The second-order valence-corrected chi connectivity index (χ2v) is 18.4. The van der Waals surface area contributed by atoms with Crippen LogP contribution in [0.2, 0.25) is 5.02 Å². The Hall–Kier alpha value is -4.65. The lowest BCUT2D eigenvalue weighted by atomic mass is 9.98. The number of hydrogen-bond acceptors (Lipinski definition) is 8. The minimum Gasteiger partial charge on any atom is -0.493 e. The maximum atomic E-state index is 14.5. The van der Waals surface area contributed by atoms with Crippen molar-refractivity contribution in [2.24, 2.45) is 7.05 Å². The van der Waals surface area contributed by atoms with E-state index in [1.165, 1.54) is 12.1 Å². The van der Waals surface area contributed by atoms with Gasteiger partial charge in [0.25, 0.3) is 0 Å². The van der Waals surface area contributed by atoms with Crippen LogP contribution in [-0.2, 0) is 29.5 Å². The number of esters is 1. The molecule has 1 amide bonds. The van der Waals surface area contributed by atoms with E-state index in [1.807, 2.05) is 97.5 Å². The van der Waals surface area contributed by atoms with Crippen LogP contribution in [0.25, 0.3) is 32.8 Å². The van der Waals surface area contributed by atoms with E-state index < -0.39 is 11.2 Å². The van der Waals surface area contributed by atoms with E-state index in [-0.39, 0.29) is 17.9 Å². The average molecular weight is 829 g/mol. The predicted molar refractivity (Wildman–Crippen MR) is 231 cm³/mol. The number of hydrogen-bond donors (Lipinski definition) is 0. The highest BCUT2D eigenvalue weighted by atomic mass is 35.5. The molecule has 4 heterocycles. The SMILES string of the molecule is Cc1nn(C)c(C)c1-c1c(Cl)ccc2c(CCCOc3cccc4cc(F)ccc34)c(C(=O)OC(C)(C)C)n(CCN3CC(N4CCN(C(=O)OC(C)(C)C)CC4)C3)c12. The van der Waals surface area contributed by atoms with Crippen LogP contribution in [0.1, 0.15) is 75.4 Å². The van der Waals surface area contributed by atoms with Crippen molar-refractivity contribution in [3.63, 3.8) is 0 Å². The number of carbonyl (C=O) groups excluding carboxylic acids is 2. The molecule has 2 saturated heterocycles. The molecule has 0 radical (unpaired) electrons. The zero-order valence-electron chi connectivity index (χ0n) is 36.0. The minimum absolute atomic E-state index is 0.252. The summed E-state index contributed by atoms with van der Waals surface area (Å²) < 4.78 is 36.1. The van der Waals surface area contributed by atoms with Crippen LogP contribution >= 0.6 is 11.6 Å². The summed E-state index contributed by atoms with van der Waals surface area (Å²) in [6.45, 7) is 21.7. The van der Waals surface area contributed by atoms with Gasteiger partial charge in [-0.25, -0.2) is 14.0 Å². The summed E-state index contributed by atoms with van der Waals surface area (Å²) in [4.78, 5) is 33.9. The zero-order chi connectivity index (χ0) is 42.4. The fourth-order valence-electron chi connectivity index (χ4n) is 8.48. The Bertz CT molecular complexity index is 2360. The first-order valence-electron chi connectivity index (χ1n) is 20.7. The van der Waals surface area contributed by atoms with Gasteiger partial charge in [-0.05, 0) is 110 Å². The first kappa shape index (κ1) is 42.5. The number of rotatable bonds is 11. The van der Waals surface area contributed by atoms with Crippen LogP contribution in [0.15, 0.2) is 48.5 Å². The van der Waals surface area contributed by atoms with Crippen molar-refractivity contribution in [3.05, 3.63) is 82.0 Å². The van der Waals surface area contributed by atoms with E-state index in [0.29, 0.717) is 61.6 Å². The molecule has 2 aliphatic rings. The lowest BCUT2D eigenvalue weighted by Gasteiger charge is -2.48. The van der Waals surface area contributed by atoms with Crippen molar-refractivity contribution in [2.45, 2.75) is 92.0 Å². The predicted octanol–water partition coefficient (Wildman–Crippen LogP) is 8.81. The van der Waals surface area contributed by atoms with E-state index in [4.69, 9.17) is 30.9 Å². The lowest BCUT2D eigenvalue weighted by Crippen LogP contribution is -2.63. The molecule has 5 aromatic rings. The molecule has 2 aromatic heterocycles. The van der Waals surface area contributed by atoms with E-state index in [1.54, 1.807) is 11.0 Å². The van der Waals surface area contributed by atoms with E-state index in [9.17, 15) is 14.0 Å². The van der Waals surface area contributed by atoms with E-state index >= 15 is 0 Å². The number of likely N-dealkylation sites (tertiary alicyclic amines) is 1. The second kappa shape index (κ2) is 16.8. The molecule has 0 saturated carbocycles. The Balaban J connectivity index is 1.17. The maximum absolute atomic E-state index is 14.5. The van der Waals surface area contributed by atoms with Crippen molar-refractivity contribution in [2.75, 3.05) is 52.4 Å². The van der Waals surface area contributed by atoms with Gasteiger partial charge in [0.15, 0.2) is 0 Å². The lowest BCUT2D eigenvalue weighted by molar-refractivity contribution is -0.0130. The highest BCUT2D eigenvalue weighted by molar-refractivity contribution is 6.35. The average Bonchev–Trinajstić information content (AvgIpc) is 3.58. The minimum atomic E-state index is -0.720. The monoisotopic (exact) mass is 828 g/mol. The van der Waals surface area contributed by atoms with Crippen LogP contribution in [0, 0.1) is 19.7 Å². The van der Waals surface area contributed by atoms with Gasteiger partial charge in [0, 0.05) is 93.0 Å². The standard InChI is InChI=1S/C46H58ClFN6O5/c1-29-39(30(2)50(9)49-29)40-37(47)18-17-36-35(13-11-25-57-38-14-10-12-31-26-32(48)15-16-34(31)38)42(43(55)58-45(3,4)5)54(41(36)40)24-19-51-27-33(28-51)52-20-22-53(23-21-52)44(56)59-46(6,7)8/h10,12,14-18,26,33H,11,13,19-25,27-28H2,1-9H3. The van der Waals surface area contributed by atoms with Gasteiger partial charge in [0.1, 0.15) is 28.5 Å². The normalized spacial score (nSPS) is 15.9. The van der Waals surface area contributed by atoms with Gasteiger partial charge in [-0.1, -0.05) is 29.8 Å². The van der Waals surface area contributed by atoms with Gasteiger partial charge in [-0.15, -0.1) is 0 Å². The third kappa shape index (κ3) is 9.25. The fraction of sp³-hybridized carbons (Fsp3) is 0.500. The quantitative estimate of drug-likeness (QED) is 0.0964. The molecular formula is C46H58ClFN6O5. The van der Waals surface area contributed by atoms with Crippen molar-refractivity contribution in [3.8, 4) is 16.9 Å². The number of benzene rings is 3. The number of ether oxygens (including phenoxy) is 3. The van der Waals surface area contributed by atoms with E-state index in [2.05, 4.69) is 14.4 Å². The van der Waals surface area contributed by atoms with Gasteiger partial charge in [-0.2, -0.15) is 5.10 Å². The van der Waals surface area contributed by atoms with Crippen LogP contribution in [0.4, 0.5) is 9.18 Å². The Labute approximate surface area is 351 Å². The molecule has 0 spiro atoms. The number of piperazine rings is 1. The molecule has 0 N–H and O–H groups in total. The molecule has 11 nitrogen and oxygen atoms in total. The number of aryl methyl sites for hydroxylation is 3. The van der Waals surface area contributed by atoms with E-state index in [0.717, 1.165) is 82.5 Å². The highest BCUT2D eigenvalue weighted by Crippen LogP contribution is 2.42. The topological polar surface area (TPSA) is 94.3 Å². The molecule has 0 atom stereocenters. The molecule has 3 aromatic carbocycles. The zero-order valence-corrected chi connectivity index (χ0v) is 36.7. The molecule has 0 unspecified atom stereocenters. The van der Waals surface area contributed by atoms with Crippen LogP contribution in [-0.4, -0.2) is 111 Å². The molecule has 7 rings (SSSR count). The third-order valence-electron chi connectivity index (χ3n) is 11.3. The maximum Gasteiger partial charge on any atom is 0.410 e. The molecule has 59 heavy (non-hydrogen) atoms. The van der Waals surface area contributed by atoms with Gasteiger partial charge < -0.3 is 23.7 Å². The molecule has 0 bridgehead atoms. The van der Waals surface area contributed by atoms with Gasteiger partial charge >= 0.3 is 12.1 Å². The smallest absolute Gasteiger partial charge is 0.410 e. The Morgan fingerprint density at radius 3 is 2.24 bits per heavy atom. The number of amides is 1. The third-order valence-corrected chi connectivity index (χ3v) is 11.6.